The number of benzene rings is 2. The molecule has 0 radical (unpaired) electrons. The summed E-state index contributed by atoms with van der Waals surface area (Å²) in [6.07, 6.45) is 3.86. The lowest BCUT2D eigenvalue weighted by Gasteiger charge is -2.32. The van der Waals surface area contributed by atoms with E-state index in [2.05, 4.69) is 4.98 Å². The van der Waals surface area contributed by atoms with Crippen LogP contribution < -0.4 is 0 Å². The summed E-state index contributed by atoms with van der Waals surface area (Å²) in [5.41, 5.74) is 2.82. The van der Waals surface area contributed by atoms with E-state index in [0.29, 0.717) is 5.92 Å². The Bertz CT molecular complexity index is 864. The number of aromatic nitrogens is 1. The van der Waals surface area contributed by atoms with Crippen LogP contribution in [0.2, 0.25) is 0 Å². The molecule has 0 unspecified atom stereocenters. The van der Waals surface area contributed by atoms with Gasteiger partial charge in [-0.2, -0.15) is 0 Å². The van der Waals surface area contributed by atoms with Crippen LogP contribution in [0.3, 0.4) is 0 Å². The molecule has 3 aromatic rings. The summed E-state index contributed by atoms with van der Waals surface area (Å²) in [6.45, 7) is 1.51. The Kier molecular flexibility index (Phi) is 3.81. The first-order valence-electron chi connectivity index (χ1n) is 8.33. The largest absolute Gasteiger partial charge is 0.361 e. The Morgan fingerprint density at radius 1 is 1.08 bits per heavy atom. The molecule has 0 aliphatic carbocycles. The van der Waals surface area contributed by atoms with Gasteiger partial charge < -0.3 is 9.88 Å². The van der Waals surface area contributed by atoms with Gasteiger partial charge in [0.05, 0.1) is 0 Å². The number of halogens is 1. The summed E-state index contributed by atoms with van der Waals surface area (Å²) in [6, 6.07) is 14.3. The molecular formula is C20H19FN2O. The maximum absolute atomic E-state index is 13.3. The average molecular weight is 322 g/mol. The summed E-state index contributed by atoms with van der Waals surface area (Å²) in [7, 11) is 0. The van der Waals surface area contributed by atoms with Crippen molar-refractivity contribution in [3.63, 3.8) is 0 Å². The van der Waals surface area contributed by atoms with Gasteiger partial charge in [-0.1, -0.05) is 18.2 Å². The molecule has 0 spiro atoms. The summed E-state index contributed by atoms with van der Waals surface area (Å²) < 4.78 is 13.3. The number of carbonyl (C=O) groups is 1. The Balaban J connectivity index is 1.48. The molecule has 1 aromatic heterocycles. The van der Waals surface area contributed by atoms with E-state index in [4.69, 9.17) is 0 Å². The fraction of sp³-hybridized carbons (Fsp3) is 0.250. The van der Waals surface area contributed by atoms with Crippen LogP contribution in [0.1, 0.15) is 34.7 Å². The van der Waals surface area contributed by atoms with Gasteiger partial charge in [-0.15, -0.1) is 0 Å². The van der Waals surface area contributed by atoms with Crippen molar-refractivity contribution in [1.29, 1.82) is 0 Å². The third-order valence-electron chi connectivity index (χ3n) is 4.92. The van der Waals surface area contributed by atoms with Crippen molar-refractivity contribution < 1.29 is 9.18 Å². The fourth-order valence-corrected chi connectivity index (χ4v) is 3.62. The number of nitrogens with zero attached hydrogens (tertiary/aromatic N) is 1. The quantitative estimate of drug-likeness (QED) is 0.749. The number of piperidine rings is 1. The number of aromatic amines is 1. The normalized spacial score (nSPS) is 15.8. The third kappa shape index (κ3) is 2.68. The van der Waals surface area contributed by atoms with Crippen LogP contribution in [0.25, 0.3) is 10.9 Å². The molecule has 0 bridgehead atoms. The highest BCUT2D eigenvalue weighted by Gasteiger charge is 2.26. The van der Waals surface area contributed by atoms with Crippen molar-refractivity contribution in [2.75, 3.05) is 13.1 Å². The van der Waals surface area contributed by atoms with E-state index in [1.165, 1.54) is 17.7 Å². The van der Waals surface area contributed by atoms with Gasteiger partial charge in [0, 0.05) is 35.8 Å². The smallest absolute Gasteiger partial charge is 0.253 e. The van der Waals surface area contributed by atoms with Crippen LogP contribution in [0, 0.1) is 5.82 Å². The zero-order valence-electron chi connectivity index (χ0n) is 13.3. The van der Waals surface area contributed by atoms with Crippen molar-refractivity contribution in [3.8, 4) is 0 Å². The Labute approximate surface area is 140 Å². The molecular weight excluding hydrogens is 303 g/mol. The zero-order valence-corrected chi connectivity index (χ0v) is 13.3. The lowest BCUT2D eigenvalue weighted by Crippen LogP contribution is -2.37. The Morgan fingerprint density at radius 2 is 1.83 bits per heavy atom. The van der Waals surface area contributed by atoms with Crippen molar-refractivity contribution >= 4 is 16.8 Å². The molecule has 2 aromatic carbocycles. The number of carbonyl (C=O) groups excluding carboxylic acids is 1. The van der Waals surface area contributed by atoms with Crippen LogP contribution in [-0.2, 0) is 0 Å². The van der Waals surface area contributed by atoms with Crippen molar-refractivity contribution in [3.05, 3.63) is 71.7 Å². The van der Waals surface area contributed by atoms with Crippen LogP contribution in [0.4, 0.5) is 4.39 Å². The molecule has 1 amide bonds. The first-order valence-corrected chi connectivity index (χ1v) is 8.33. The van der Waals surface area contributed by atoms with E-state index < -0.39 is 0 Å². The average Bonchev–Trinajstić information content (AvgIpc) is 3.05. The second kappa shape index (κ2) is 6.11. The van der Waals surface area contributed by atoms with Gasteiger partial charge in [0.1, 0.15) is 5.82 Å². The maximum Gasteiger partial charge on any atom is 0.253 e. The van der Waals surface area contributed by atoms with E-state index in [1.807, 2.05) is 47.5 Å². The van der Waals surface area contributed by atoms with Gasteiger partial charge in [0.2, 0.25) is 0 Å². The summed E-state index contributed by atoms with van der Waals surface area (Å²) in [4.78, 5) is 17.6. The molecule has 24 heavy (non-hydrogen) atoms. The number of hydrogen-bond acceptors (Lipinski definition) is 1. The Morgan fingerprint density at radius 3 is 2.58 bits per heavy atom. The van der Waals surface area contributed by atoms with E-state index in [-0.39, 0.29) is 11.7 Å². The molecule has 0 atom stereocenters. The minimum Gasteiger partial charge on any atom is -0.361 e. The molecule has 3 nitrogen and oxygen atoms in total. The minimum atomic E-state index is -0.223. The molecule has 2 heterocycles. The minimum absolute atomic E-state index is 0.107. The van der Waals surface area contributed by atoms with Crippen LogP contribution >= 0.6 is 0 Å². The predicted molar refractivity (Wildman–Crippen MR) is 92.6 cm³/mol. The number of H-pyrrole nitrogens is 1. The van der Waals surface area contributed by atoms with Gasteiger partial charge >= 0.3 is 0 Å². The van der Waals surface area contributed by atoms with Gasteiger partial charge in [-0.3, -0.25) is 4.79 Å². The first-order chi connectivity index (χ1) is 11.7. The molecule has 1 saturated heterocycles. The highest BCUT2D eigenvalue weighted by atomic mass is 19.1. The number of likely N-dealkylation sites (tertiary alicyclic amines) is 1. The summed E-state index contributed by atoms with van der Waals surface area (Å²) >= 11 is 0. The van der Waals surface area contributed by atoms with Crippen LogP contribution in [0.5, 0.6) is 0 Å². The molecule has 122 valence electrons. The SMILES string of the molecule is O=C(c1ccccc1)N1CCC(c2c[nH]c3cc(F)ccc23)CC1. The van der Waals surface area contributed by atoms with E-state index in [1.54, 1.807) is 0 Å². The zero-order chi connectivity index (χ0) is 16.5. The summed E-state index contributed by atoms with van der Waals surface area (Å²) in [5.74, 6) is 0.290. The first kappa shape index (κ1) is 14.9. The number of rotatable bonds is 2. The number of hydrogen-bond donors (Lipinski definition) is 1. The second-order valence-corrected chi connectivity index (χ2v) is 6.37. The lowest BCUT2D eigenvalue weighted by atomic mass is 9.89. The Hall–Kier alpha value is -2.62. The highest BCUT2D eigenvalue weighted by Crippen LogP contribution is 2.33. The molecule has 1 aliphatic heterocycles. The summed E-state index contributed by atoms with van der Waals surface area (Å²) in [5, 5.41) is 1.09. The lowest BCUT2D eigenvalue weighted by molar-refractivity contribution is 0.0713. The third-order valence-corrected chi connectivity index (χ3v) is 4.92. The topological polar surface area (TPSA) is 36.1 Å². The maximum atomic E-state index is 13.3. The number of fused-ring (bicyclic) bond motifs is 1. The van der Waals surface area contributed by atoms with E-state index in [0.717, 1.165) is 42.4 Å². The van der Waals surface area contributed by atoms with Gasteiger partial charge in [-0.05, 0) is 54.7 Å². The molecule has 1 N–H and O–H groups in total. The van der Waals surface area contributed by atoms with Crippen LogP contribution in [0.15, 0.2) is 54.7 Å². The standard InChI is InChI=1S/C20H19FN2O/c21-16-6-7-17-18(13-22-19(17)12-16)14-8-10-23(11-9-14)20(24)15-4-2-1-3-5-15/h1-7,12-14,22H,8-11H2. The molecule has 1 aliphatic rings. The van der Waals surface area contributed by atoms with Gasteiger partial charge in [0.25, 0.3) is 5.91 Å². The monoisotopic (exact) mass is 322 g/mol. The van der Waals surface area contributed by atoms with E-state index >= 15 is 0 Å². The second-order valence-electron chi connectivity index (χ2n) is 6.37. The van der Waals surface area contributed by atoms with Crippen LogP contribution in [-0.4, -0.2) is 28.9 Å². The highest BCUT2D eigenvalue weighted by molar-refractivity contribution is 5.94. The number of nitrogens with one attached hydrogen (secondary N) is 1. The fourth-order valence-electron chi connectivity index (χ4n) is 3.62. The van der Waals surface area contributed by atoms with Crippen molar-refractivity contribution in [1.82, 2.24) is 9.88 Å². The van der Waals surface area contributed by atoms with Crippen molar-refractivity contribution in [2.24, 2.45) is 0 Å². The molecule has 1 fully saturated rings. The number of amides is 1. The van der Waals surface area contributed by atoms with Crippen molar-refractivity contribution in [2.45, 2.75) is 18.8 Å². The molecule has 4 rings (SSSR count). The predicted octanol–water partition coefficient (Wildman–Crippen LogP) is 4.33. The van der Waals surface area contributed by atoms with E-state index in [9.17, 15) is 9.18 Å². The van der Waals surface area contributed by atoms with Gasteiger partial charge in [-0.25, -0.2) is 4.39 Å². The van der Waals surface area contributed by atoms with Gasteiger partial charge in [0.15, 0.2) is 0 Å². The molecule has 0 saturated carbocycles. The molecule has 4 heteroatoms.